The first kappa shape index (κ1) is 16.4. The van der Waals surface area contributed by atoms with Crippen LogP contribution in [0.25, 0.3) is 10.2 Å². The molecule has 1 amide bonds. The molecular weight excluding hydrogens is 322 g/mol. The molecule has 124 valence electrons. The molecule has 3 rings (SSSR count). The predicted octanol–water partition coefficient (Wildman–Crippen LogP) is 3.43. The van der Waals surface area contributed by atoms with Crippen LogP contribution < -0.4 is 10.1 Å². The minimum Gasteiger partial charge on any atom is -0.492 e. The predicted molar refractivity (Wildman–Crippen MR) is 95.9 cm³/mol. The molecule has 24 heavy (non-hydrogen) atoms. The molecule has 5 nitrogen and oxygen atoms in total. The van der Waals surface area contributed by atoms with Gasteiger partial charge >= 0.3 is 0 Å². The Labute approximate surface area is 144 Å². The maximum Gasteiger partial charge on any atom is 0.261 e. The Hall–Kier alpha value is -2.47. The van der Waals surface area contributed by atoms with Crippen molar-refractivity contribution in [1.29, 1.82) is 0 Å². The van der Waals surface area contributed by atoms with Crippen LogP contribution in [0.4, 0.5) is 0 Å². The van der Waals surface area contributed by atoms with Gasteiger partial charge in [0.05, 0.1) is 11.4 Å². The van der Waals surface area contributed by atoms with Crippen molar-refractivity contribution in [1.82, 2.24) is 15.3 Å². The number of para-hydroxylation sites is 1. The van der Waals surface area contributed by atoms with Crippen LogP contribution in [0.15, 0.2) is 30.3 Å². The van der Waals surface area contributed by atoms with Gasteiger partial charge in [-0.05, 0) is 38.5 Å². The summed E-state index contributed by atoms with van der Waals surface area (Å²) in [5.41, 5.74) is 1.85. The fourth-order valence-electron chi connectivity index (χ4n) is 2.62. The van der Waals surface area contributed by atoms with Crippen LogP contribution in [-0.4, -0.2) is 29.0 Å². The first-order valence-corrected chi connectivity index (χ1v) is 8.58. The lowest BCUT2D eigenvalue weighted by molar-refractivity contribution is 0.0950. The average Bonchev–Trinajstić information content (AvgIpc) is 2.89. The molecule has 0 fully saturated rings. The van der Waals surface area contributed by atoms with Gasteiger partial charge in [0, 0.05) is 11.1 Å². The molecule has 0 saturated heterocycles. The molecule has 0 aliphatic rings. The van der Waals surface area contributed by atoms with Crippen molar-refractivity contribution in [3.8, 4) is 5.75 Å². The Morgan fingerprint density at radius 3 is 2.67 bits per heavy atom. The van der Waals surface area contributed by atoms with Crippen LogP contribution in [0.5, 0.6) is 5.75 Å². The van der Waals surface area contributed by atoms with Gasteiger partial charge in [-0.1, -0.05) is 18.2 Å². The number of thiophene rings is 1. The zero-order valence-electron chi connectivity index (χ0n) is 13.9. The molecule has 1 aromatic carbocycles. The van der Waals surface area contributed by atoms with E-state index in [4.69, 9.17) is 4.74 Å². The molecule has 0 unspecified atom stereocenters. The molecule has 0 aliphatic heterocycles. The van der Waals surface area contributed by atoms with E-state index in [1.54, 1.807) is 0 Å². The maximum atomic E-state index is 12.4. The highest BCUT2D eigenvalue weighted by molar-refractivity contribution is 7.20. The maximum absolute atomic E-state index is 12.4. The molecular formula is C18H19N3O2S. The van der Waals surface area contributed by atoms with Crippen molar-refractivity contribution >= 4 is 27.5 Å². The third kappa shape index (κ3) is 3.38. The van der Waals surface area contributed by atoms with E-state index >= 15 is 0 Å². The Morgan fingerprint density at radius 2 is 1.92 bits per heavy atom. The van der Waals surface area contributed by atoms with Gasteiger partial charge in [-0.15, -0.1) is 11.3 Å². The van der Waals surface area contributed by atoms with E-state index in [9.17, 15) is 4.79 Å². The summed E-state index contributed by atoms with van der Waals surface area (Å²) in [5, 5.41) is 3.89. The van der Waals surface area contributed by atoms with Crippen molar-refractivity contribution in [2.45, 2.75) is 20.8 Å². The molecule has 0 bridgehead atoms. The second-order valence-electron chi connectivity index (χ2n) is 5.51. The standard InChI is InChI=1S/C18H19N3O2S/c1-11-15-12(2)20-13(3)21-18(15)24-16(11)17(22)19-9-10-23-14-7-5-4-6-8-14/h4-8H,9-10H2,1-3H3,(H,19,22). The summed E-state index contributed by atoms with van der Waals surface area (Å²) in [5.74, 6) is 1.43. The summed E-state index contributed by atoms with van der Waals surface area (Å²) in [6, 6.07) is 9.55. The monoisotopic (exact) mass is 341 g/mol. The SMILES string of the molecule is Cc1nc(C)c2c(C)c(C(=O)NCCOc3ccccc3)sc2n1. The van der Waals surface area contributed by atoms with Crippen LogP contribution in [-0.2, 0) is 0 Å². The van der Waals surface area contributed by atoms with Gasteiger partial charge < -0.3 is 10.1 Å². The fourth-order valence-corrected chi connectivity index (χ4v) is 3.81. The normalized spacial score (nSPS) is 10.8. The molecule has 6 heteroatoms. The van der Waals surface area contributed by atoms with Gasteiger partial charge in [0.1, 0.15) is 23.0 Å². The quantitative estimate of drug-likeness (QED) is 0.722. The minimum atomic E-state index is -0.0933. The van der Waals surface area contributed by atoms with Crippen molar-refractivity contribution in [3.63, 3.8) is 0 Å². The molecule has 0 spiro atoms. The minimum absolute atomic E-state index is 0.0933. The lowest BCUT2D eigenvalue weighted by Gasteiger charge is -2.07. The van der Waals surface area contributed by atoms with Gasteiger partial charge in [-0.3, -0.25) is 4.79 Å². The van der Waals surface area contributed by atoms with Gasteiger partial charge in [-0.2, -0.15) is 0 Å². The number of hydrogen-bond donors (Lipinski definition) is 1. The summed E-state index contributed by atoms with van der Waals surface area (Å²) in [4.78, 5) is 22.8. The molecule has 1 N–H and O–H groups in total. The number of nitrogens with one attached hydrogen (secondary N) is 1. The highest BCUT2D eigenvalue weighted by atomic mass is 32.1. The third-order valence-electron chi connectivity index (χ3n) is 3.69. The Bertz CT molecular complexity index is 875. The summed E-state index contributed by atoms with van der Waals surface area (Å²) in [7, 11) is 0. The molecule has 3 aromatic rings. The van der Waals surface area contributed by atoms with E-state index in [1.165, 1.54) is 11.3 Å². The second-order valence-corrected chi connectivity index (χ2v) is 6.51. The van der Waals surface area contributed by atoms with Crippen LogP contribution in [0.2, 0.25) is 0 Å². The number of fused-ring (bicyclic) bond motifs is 1. The molecule has 0 saturated carbocycles. The number of amides is 1. The van der Waals surface area contributed by atoms with Crippen LogP contribution >= 0.6 is 11.3 Å². The van der Waals surface area contributed by atoms with E-state index in [2.05, 4.69) is 15.3 Å². The Morgan fingerprint density at radius 1 is 1.17 bits per heavy atom. The first-order valence-electron chi connectivity index (χ1n) is 7.76. The first-order chi connectivity index (χ1) is 11.6. The van der Waals surface area contributed by atoms with Gasteiger partial charge in [0.15, 0.2) is 0 Å². The Balaban J connectivity index is 1.66. The number of nitrogens with zero attached hydrogens (tertiary/aromatic N) is 2. The van der Waals surface area contributed by atoms with E-state index in [-0.39, 0.29) is 5.91 Å². The van der Waals surface area contributed by atoms with E-state index in [0.29, 0.717) is 18.0 Å². The van der Waals surface area contributed by atoms with Crippen molar-refractivity contribution in [3.05, 3.63) is 52.3 Å². The van der Waals surface area contributed by atoms with E-state index in [1.807, 2.05) is 51.1 Å². The average molecular weight is 341 g/mol. The lowest BCUT2D eigenvalue weighted by atomic mass is 10.1. The topological polar surface area (TPSA) is 64.1 Å². The van der Waals surface area contributed by atoms with E-state index < -0.39 is 0 Å². The molecule has 2 aromatic heterocycles. The smallest absolute Gasteiger partial charge is 0.261 e. The van der Waals surface area contributed by atoms with Crippen molar-refractivity contribution in [2.75, 3.05) is 13.2 Å². The van der Waals surface area contributed by atoms with E-state index in [0.717, 1.165) is 33.0 Å². The van der Waals surface area contributed by atoms with Gasteiger partial charge in [-0.25, -0.2) is 9.97 Å². The number of carbonyl (C=O) groups is 1. The number of aromatic nitrogens is 2. The van der Waals surface area contributed by atoms with Crippen molar-refractivity contribution in [2.24, 2.45) is 0 Å². The van der Waals surface area contributed by atoms with Crippen LogP contribution in [0.3, 0.4) is 0 Å². The van der Waals surface area contributed by atoms with Crippen molar-refractivity contribution < 1.29 is 9.53 Å². The Kier molecular flexibility index (Phi) is 4.76. The number of ether oxygens (including phenoxy) is 1. The number of hydrogen-bond acceptors (Lipinski definition) is 5. The van der Waals surface area contributed by atoms with Gasteiger partial charge in [0.2, 0.25) is 0 Å². The zero-order chi connectivity index (χ0) is 17.1. The highest BCUT2D eigenvalue weighted by Gasteiger charge is 2.18. The highest BCUT2D eigenvalue weighted by Crippen LogP contribution is 2.31. The van der Waals surface area contributed by atoms with Gasteiger partial charge in [0.25, 0.3) is 5.91 Å². The number of benzene rings is 1. The molecule has 2 heterocycles. The summed E-state index contributed by atoms with van der Waals surface area (Å²) in [6.45, 7) is 6.64. The summed E-state index contributed by atoms with van der Waals surface area (Å²) in [6.07, 6.45) is 0. The lowest BCUT2D eigenvalue weighted by Crippen LogP contribution is -2.27. The number of carbonyl (C=O) groups excluding carboxylic acids is 1. The fraction of sp³-hybridized carbons (Fsp3) is 0.278. The summed E-state index contributed by atoms with van der Waals surface area (Å²) >= 11 is 1.41. The zero-order valence-corrected chi connectivity index (χ0v) is 14.7. The van der Waals surface area contributed by atoms with Crippen LogP contribution in [0.1, 0.15) is 26.8 Å². The molecule has 0 aliphatic carbocycles. The second kappa shape index (κ2) is 6.97. The van der Waals surface area contributed by atoms with Crippen LogP contribution in [0, 0.1) is 20.8 Å². The summed E-state index contributed by atoms with van der Waals surface area (Å²) < 4.78 is 5.58. The number of rotatable bonds is 5. The largest absolute Gasteiger partial charge is 0.492 e. The number of aryl methyl sites for hydroxylation is 3. The molecule has 0 radical (unpaired) electrons. The third-order valence-corrected chi connectivity index (χ3v) is 4.87. The molecule has 0 atom stereocenters.